The molecule has 0 atom stereocenters. The lowest BCUT2D eigenvalue weighted by molar-refractivity contribution is -0.142. The normalized spacial score (nSPS) is 14.1. The molecule has 2 aromatic rings. The number of aryl methyl sites for hydroxylation is 2. The highest BCUT2D eigenvalue weighted by atomic mass is 79.9. The Bertz CT molecular complexity index is 932. The maximum atomic E-state index is 13.2. The summed E-state index contributed by atoms with van der Waals surface area (Å²) in [6, 6.07) is 0. The Labute approximate surface area is 172 Å². The molecule has 2 amide bonds. The summed E-state index contributed by atoms with van der Waals surface area (Å²) in [6.07, 6.45) is -1.56. The fraction of sp³-hybridized carbons (Fsp3) is 0.529. The molecule has 2 heterocycles. The molecule has 0 saturated heterocycles. The Balaban J connectivity index is 1.74. The molecule has 1 saturated carbocycles. The molecule has 3 rings (SSSR count). The van der Waals surface area contributed by atoms with Crippen LogP contribution in [0.1, 0.15) is 54.0 Å². The molecule has 1 aliphatic carbocycles. The van der Waals surface area contributed by atoms with Gasteiger partial charge in [0.1, 0.15) is 0 Å². The Morgan fingerprint density at radius 1 is 1.31 bits per heavy atom. The van der Waals surface area contributed by atoms with Crippen LogP contribution in [0.3, 0.4) is 0 Å². The van der Waals surface area contributed by atoms with Crippen molar-refractivity contribution in [2.24, 2.45) is 0 Å². The minimum absolute atomic E-state index is 0.0103. The average molecular weight is 477 g/mol. The highest BCUT2D eigenvalue weighted by molar-refractivity contribution is 9.10. The third-order valence-electron chi connectivity index (χ3n) is 4.52. The van der Waals surface area contributed by atoms with Crippen LogP contribution < -0.4 is 10.6 Å². The summed E-state index contributed by atoms with van der Waals surface area (Å²) in [6.45, 7) is 2.33. The van der Waals surface area contributed by atoms with Crippen LogP contribution in [0.15, 0.2) is 10.7 Å². The molecule has 0 aliphatic heterocycles. The number of hydrogen-bond donors (Lipinski definition) is 2. The topological polar surface area (TPSA) is 93.8 Å². The van der Waals surface area contributed by atoms with Gasteiger partial charge in [-0.1, -0.05) is 0 Å². The van der Waals surface area contributed by atoms with Gasteiger partial charge in [-0.3, -0.25) is 19.0 Å². The van der Waals surface area contributed by atoms with Crippen LogP contribution in [0.25, 0.3) is 0 Å². The predicted molar refractivity (Wildman–Crippen MR) is 101 cm³/mol. The Morgan fingerprint density at radius 3 is 2.55 bits per heavy atom. The van der Waals surface area contributed by atoms with Gasteiger partial charge in [-0.2, -0.15) is 23.4 Å². The zero-order valence-electron chi connectivity index (χ0n) is 15.8. The molecular weight excluding hydrogens is 457 g/mol. The van der Waals surface area contributed by atoms with E-state index in [0.717, 1.165) is 12.8 Å². The molecule has 0 aromatic carbocycles. The van der Waals surface area contributed by atoms with Gasteiger partial charge in [-0.25, -0.2) is 0 Å². The molecule has 1 aliphatic rings. The van der Waals surface area contributed by atoms with Crippen molar-refractivity contribution < 1.29 is 22.8 Å². The van der Waals surface area contributed by atoms with E-state index in [9.17, 15) is 22.8 Å². The molecule has 0 bridgehead atoms. The van der Waals surface area contributed by atoms with Gasteiger partial charge in [0.2, 0.25) is 5.91 Å². The van der Waals surface area contributed by atoms with Crippen molar-refractivity contribution in [3.8, 4) is 0 Å². The van der Waals surface area contributed by atoms with E-state index in [1.807, 2.05) is 6.92 Å². The maximum absolute atomic E-state index is 13.2. The van der Waals surface area contributed by atoms with E-state index >= 15 is 0 Å². The largest absolute Gasteiger partial charge is 0.436 e. The number of halogens is 4. The van der Waals surface area contributed by atoms with Crippen LogP contribution in [0.4, 0.5) is 18.9 Å². The number of nitrogens with one attached hydrogen (secondary N) is 2. The molecule has 0 unspecified atom stereocenters. The number of hydrogen-bond acceptors (Lipinski definition) is 4. The summed E-state index contributed by atoms with van der Waals surface area (Å²) in [4.78, 5) is 24.3. The summed E-state index contributed by atoms with van der Waals surface area (Å²) in [5.74, 6) is -0.888. The zero-order chi connectivity index (χ0) is 21.3. The molecule has 2 aromatic heterocycles. The highest BCUT2D eigenvalue weighted by Crippen LogP contribution is 2.47. The maximum Gasteiger partial charge on any atom is 0.436 e. The summed E-state index contributed by atoms with van der Waals surface area (Å²) in [5, 5.41) is 12.8. The van der Waals surface area contributed by atoms with Gasteiger partial charge in [0, 0.05) is 32.1 Å². The summed E-state index contributed by atoms with van der Waals surface area (Å²) in [7, 11) is 1.45. The van der Waals surface area contributed by atoms with Crippen LogP contribution in [0, 0.1) is 0 Å². The van der Waals surface area contributed by atoms with Crippen molar-refractivity contribution in [2.75, 3.05) is 12.4 Å². The fourth-order valence-corrected chi connectivity index (χ4v) is 3.77. The van der Waals surface area contributed by atoms with Crippen molar-refractivity contribution in [2.45, 2.75) is 51.4 Å². The van der Waals surface area contributed by atoms with Crippen LogP contribution >= 0.6 is 15.9 Å². The van der Waals surface area contributed by atoms with Crippen LogP contribution in [-0.4, -0.2) is 38.4 Å². The van der Waals surface area contributed by atoms with Gasteiger partial charge in [-0.05, 0) is 35.7 Å². The third-order valence-corrected chi connectivity index (χ3v) is 5.30. The second kappa shape index (κ2) is 8.17. The number of anilines is 1. The molecule has 158 valence electrons. The summed E-state index contributed by atoms with van der Waals surface area (Å²) >= 11 is 3.02. The van der Waals surface area contributed by atoms with Gasteiger partial charge >= 0.3 is 6.18 Å². The minimum atomic E-state index is -4.58. The second-order valence-corrected chi connectivity index (χ2v) is 7.46. The number of amides is 2. The van der Waals surface area contributed by atoms with E-state index in [0.29, 0.717) is 12.2 Å². The SMILES string of the molecule is CCn1cc(NC(=O)CCn2nc(C(F)(F)F)c(Br)c2C2CC2)c(C(=O)NC)n1. The number of carbonyl (C=O) groups is 2. The van der Waals surface area contributed by atoms with Gasteiger partial charge in [0.25, 0.3) is 5.91 Å². The predicted octanol–water partition coefficient (Wildman–Crippen LogP) is 3.15. The van der Waals surface area contributed by atoms with E-state index in [1.165, 1.54) is 22.6 Å². The molecule has 2 N–H and O–H groups in total. The van der Waals surface area contributed by atoms with E-state index in [2.05, 4.69) is 36.8 Å². The minimum Gasteiger partial charge on any atom is -0.354 e. The number of nitrogens with zero attached hydrogens (tertiary/aromatic N) is 4. The lowest BCUT2D eigenvalue weighted by Gasteiger charge is -2.08. The molecular formula is C17H20BrF3N6O2. The fourth-order valence-electron chi connectivity index (χ4n) is 2.93. The Hall–Kier alpha value is -2.37. The number of alkyl halides is 3. The standard InChI is InChI=1S/C17H20BrF3N6O2/c1-3-26-8-10(13(24-26)16(29)22-2)23-11(28)6-7-27-14(9-4-5-9)12(18)15(25-27)17(19,20)21/h8-9H,3-7H2,1-2H3,(H,22,29)(H,23,28). The lowest BCUT2D eigenvalue weighted by Crippen LogP contribution is -2.22. The van der Waals surface area contributed by atoms with Gasteiger partial charge in [0.15, 0.2) is 11.4 Å². The quantitative estimate of drug-likeness (QED) is 0.641. The van der Waals surface area contributed by atoms with Gasteiger partial charge < -0.3 is 10.6 Å². The molecule has 0 radical (unpaired) electrons. The first-order chi connectivity index (χ1) is 13.7. The summed E-state index contributed by atoms with van der Waals surface area (Å²) in [5.41, 5.74) is -0.195. The van der Waals surface area contributed by atoms with Crippen molar-refractivity contribution in [3.63, 3.8) is 0 Å². The first-order valence-corrected chi connectivity index (χ1v) is 9.87. The number of aromatic nitrogens is 4. The molecule has 8 nitrogen and oxygen atoms in total. The first kappa shape index (κ1) is 21.3. The van der Waals surface area contributed by atoms with E-state index < -0.39 is 23.7 Å². The van der Waals surface area contributed by atoms with E-state index in [4.69, 9.17) is 0 Å². The lowest BCUT2D eigenvalue weighted by atomic mass is 10.2. The molecule has 0 spiro atoms. The molecule has 29 heavy (non-hydrogen) atoms. The van der Waals surface area contributed by atoms with Crippen LogP contribution in [-0.2, 0) is 24.1 Å². The molecule has 12 heteroatoms. The van der Waals surface area contributed by atoms with Crippen LogP contribution in [0.5, 0.6) is 0 Å². The van der Waals surface area contributed by atoms with E-state index in [1.54, 1.807) is 0 Å². The average Bonchev–Trinajstić information content (AvgIpc) is 3.32. The smallest absolute Gasteiger partial charge is 0.354 e. The number of carbonyl (C=O) groups excluding carboxylic acids is 2. The van der Waals surface area contributed by atoms with Gasteiger partial charge in [-0.15, -0.1) is 0 Å². The highest BCUT2D eigenvalue weighted by Gasteiger charge is 2.41. The number of rotatable bonds is 7. The van der Waals surface area contributed by atoms with Crippen LogP contribution in [0.2, 0.25) is 0 Å². The third kappa shape index (κ3) is 4.62. The Morgan fingerprint density at radius 2 is 2.00 bits per heavy atom. The van der Waals surface area contributed by atoms with Crippen molar-refractivity contribution in [1.29, 1.82) is 0 Å². The van der Waals surface area contributed by atoms with Crippen molar-refractivity contribution in [3.05, 3.63) is 27.8 Å². The molecule has 1 fully saturated rings. The Kier molecular flexibility index (Phi) is 6.01. The van der Waals surface area contributed by atoms with Crippen molar-refractivity contribution >= 4 is 33.4 Å². The van der Waals surface area contributed by atoms with E-state index in [-0.39, 0.29) is 34.7 Å². The monoisotopic (exact) mass is 476 g/mol. The van der Waals surface area contributed by atoms with Crippen molar-refractivity contribution in [1.82, 2.24) is 24.9 Å². The first-order valence-electron chi connectivity index (χ1n) is 9.08. The second-order valence-electron chi connectivity index (χ2n) is 6.67. The van der Waals surface area contributed by atoms with Gasteiger partial charge in [0.05, 0.1) is 22.4 Å². The summed E-state index contributed by atoms with van der Waals surface area (Å²) < 4.78 is 42.2. The zero-order valence-corrected chi connectivity index (χ0v) is 17.4.